The van der Waals surface area contributed by atoms with E-state index < -0.39 is 0 Å². The zero-order valence-corrected chi connectivity index (χ0v) is 9.10. The number of hydrogen-bond acceptors (Lipinski definition) is 2. The lowest BCUT2D eigenvalue weighted by Gasteiger charge is -2.06. The van der Waals surface area contributed by atoms with Gasteiger partial charge in [-0.05, 0) is 38.1 Å². The van der Waals surface area contributed by atoms with E-state index in [1.807, 2.05) is 0 Å². The normalized spacial score (nSPS) is 16.8. The lowest BCUT2D eigenvalue weighted by Crippen LogP contribution is -2.29. The molecule has 2 nitrogen and oxygen atoms in total. The van der Waals surface area contributed by atoms with E-state index in [2.05, 4.69) is 24.5 Å². The van der Waals surface area contributed by atoms with Crippen LogP contribution in [0, 0.1) is 5.92 Å². The third-order valence-corrected chi connectivity index (χ3v) is 2.45. The molecule has 13 heavy (non-hydrogen) atoms. The molecule has 2 heteroatoms. The fraction of sp³-hybridized carbons (Fsp3) is 1.00. The molecule has 0 aromatic heterocycles. The van der Waals surface area contributed by atoms with Gasteiger partial charge in [0, 0.05) is 19.1 Å². The molecule has 0 saturated heterocycles. The van der Waals surface area contributed by atoms with Crippen LogP contribution in [-0.2, 0) is 0 Å². The Kier molecular flexibility index (Phi) is 5.40. The van der Waals surface area contributed by atoms with Crippen LogP contribution in [0.15, 0.2) is 0 Å². The largest absolute Gasteiger partial charge is 0.315 e. The van der Waals surface area contributed by atoms with Gasteiger partial charge in [0.25, 0.3) is 0 Å². The molecule has 2 N–H and O–H groups in total. The van der Waals surface area contributed by atoms with Gasteiger partial charge in [-0.1, -0.05) is 13.8 Å². The van der Waals surface area contributed by atoms with Crippen LogP contribution in [0.2, 0.25) is 0 Å². The van der Waals surface area contributed by atoms with Crippen molar-refractivity contribution < 1.29 is 0 Å². The molecule has 1 saturated carbocycles. The Balaban J connectivity index is 1.68. The lowest BCUT2D eigenvalue weighted by atomic mass is 10.1. The van der Waals surface area contributed by atoms with Gasteiger partial charge in [0.05, 0.1) is 0 Å². The smallest absolute Gasteiger partial charge is 0.00793 e. The highest BCUT2D eigenvalue weighted by Crippen LogP contribution is 2.17. The van der Waals surface area contributed by atoms with E-state index in [1.54, 1.807) is 0 Å². The van der Waals surface area contributed by atoms with Crippen molar-refractivity contribution in [3.63, 3.8) is 0 Å². The molecule has 78 valence electrons. The van der Waals surface area contributed by atoms with Crippen LogP contribution in [-0.4, -0.2) is 25.7 Å². The van der Waals surface area contributed by atoms with E-state index in [0.717, 1.165) is 25.0 Å². The van der Waals surface area contributed by atoms with Gasteiger partial charge in [-0.25, -0.2) is 0 Å². The van der Waals surface area contributed by atoms with E-state index in [9.17, 15) is 0 Å². The van der Waals surface area contributed by atoms with Crippen LogP contribution in [0.1, 0.15) is 39.5 Å². The summed E-state index contributed by atoms with van der Waals surface area (Å²) in [6, 6.07) is 0.859. The van der Waals surface area contributed by atoms with Gasteiger partial charge in [0.1, 0.15) is 0 Å². The minimum atomic E-state index is 0.853. The second kappa shape index (κ2) is 6.39. The van der Waals surface area contributed by atoms with Crippen molar-refractivity contribution in [3.05, 3.63) is 0 Å². The van der Waals surface area contributed by atoms with Crippen molar-refractivity contribution in [1.82, 2.24) is 10.6 Å². The summed E-state index contributed by atoms with van der Waals surface area (Å²) in [7, 11) is 0. The molecule has 0 atom stereocenters. The first kappa shape index (κ1) is 11.0. The molecule has 0 amide bonds. The van der Waals surface area contributed by atoms with Crippen molar-refractivity contribution in [2.75, 3.05) is 19.6 Å². The zero-order chi connectivity index (χ0) is 9.52. The van der Waals surface area contributed by atoms with Gasteiger partial charge in [0.2, 0.25) is 0 Å². The second-order valence-electron chi connectivity index (χ2n) is 4.51. The summed E-state index contributed by atoms with van der Waals surface area (Å²) < 4.78 is 0. The molecule has 1 aliphatic carbocycles. The molecule has 1 fully saturated rings. The van der Waals surface area contributed by atoms with Crippen LogP contribution in [0.4, 0.5) is 0 Å². The molecule has 0 spiro atoms. The molecular formula is C11H24N2. The number of rotatable bonds is 8. The maximum absolute atomic E-state index is 3.49. The molecular weight excluding hydrogens is 160 g/mol. The maximum Gasteiger partial charge on any atom is 0.00793 e. The standard InChI is InChI=1S/C11H24N2/c1-10(2)4-3-7-12-8-9-13-11-5-6-11/h10-13H,3-9H2,1-2H3. The highest BCUT2D eigenvalue weighted by atomic mass is 15.0. The first-order valence-electron chi connectivity index (χ1n) is 5.73. The van der Waals surface area contributed by atoms with Crippen molar-refractivity contribution in [2.24, 2.45) is 5.92 Å². The van der Waals surface area contributed by atoms with Gasteiger partial charge >= 0.3 is 0 Å². The predicted molar refractivity (Wildman–Crippen MR) is 58.0 cm³/mol. The van der Waals surface area contributed by atoms with Crippen molar-refractivity contribution >= 4 is 0 Å². The van der Waals surface area contributed by atoms with E-state index in [1.165, 1.54) is 32.2 Å². The minimum Gasteiger partial charge on any atom is -0.315 e. The van der Waals surface area contributed by atoms with E-state index in [0.29, 0.717) is 0 Å². The summed E-state index contributed by atoms with van der Waals surface area (Å²) in [5, 5.41) is 6.96. The van der Waals surface area contributed by atoms with Crippen LogP contribution < -0.4 is 10.6 Å². The van der Waals surface area contributed by atoms with E-state index in [-0.39, 0.29) is 0 Å². The quantitative estimate of drug-likeness (QED) is 0.562. The Labute approximate surface area is 82.5 Å². The third-order valence-electron chi connectivity index (χ3n) is 2.45. The van der Waals surface area contributed by atoms with Crippen LogP contribution in [0.25, 0.3) is 0 Å². The third kappa shape index (κ3) is 7.03. The average Bonchev–Trinajstić information content (AvgIpc) is 2.86. The minimum absolute atomic E-state index is 0.853. The molecule has 0 radical (unpaired) electrons. The van der Waals surface area contributed by atoms with Gasteiger partial charge < -0.3 is 10.6 Å². The van der Waals surface area contributed by atoms with Gasteiger partial charge in [0.15, 0.2) is 0 Å². The molecule has 0 aromatic carbocycles. The molecule has 1 aliphatic rings. The highest BCUT2D eigenvalue weighted by molar-refractivity contribution is 4.80. The molecule has 0 aliphatic heterocycles. The van der Waals surface area contributed by atoms with Crippen LogP contribution >= 0.6 is 0 Å². The Morgan fingerprint density at radius 2 is 1.92 bits per heavy atom. The van der Waals surface area contributed by atoms with Crippen molar-refractivity contribution in [1.29, 1.82) is 0 Å². The molecule has 0 heterocycles. The topological polar surface area (TPSA) is 24.1 Å². The summed E-state index contributed by atoms with van der Waals surface area (Å²) in [5.74, 6) is 0.853. The molecule has 0 aromatic rings. The summed E-state index contributed by atoms with van der Waals surface area (Å²) in [6.45, 7) is 8.04. The summed E-state index contributed by atoms with van der Waals surface area (Å²) in [6.07, 6.45) is 5.46. The predicted octanol–water partition coefficient (Wildman–Crippen LogP) is 1.76. The highest BCUT2D eigenvalue weighted by Gasteiger charge is 2.19. The number of nitrogens with one attached hydrogen (secondary N) is 2. The molecule has 0 bridgehead atoms. The first-order chi connectivity index (χ1) is 6.29. The summed E-state index contributed by atoms with van der Waals surface area (Å²) in [4.78, 5) is 0. The molecule has 0 unspecified atom stereocenters. The van der Waals surface area contributed by atoms with E-state index in [4.69, 9.17) is 0 Å². The monoisotopic (exact) mass is 184 g/mol. The van der Waals surface area contributed by atoms with Crippen molar-refractivity contribution in [3.8, 4) is 0 Å². The Morgan fingerprint density at radius 1 is 1.15 bits per heavy atom. The molecule has 1 rings (SSSR count). The van der Waals surface area contributed by atoms with Gasteiger partial charge in [-0.3, -0.25) is 0 Å². The SMILES string of the molecule is CC(C)CCCNCCNC1CC1. The van der Waals surface area contributed by atoms with Crippen LogP contribution in [0.5, 0.6) is 0 Å². The fourth-order valence-corrected chi connectivity index (χ4v) is 1.41. The second-order valence-corrected chi connectivity index (χ2v) is 4.51. The average molecular weight is 184 g/mol. The lowest BCUT2D eigenvalue weighted by molar-refractivity contribution is 0.521. The van der Waals surface area contributed by atoms with Crippen LogP contribution in [0.3, 0.4) is 0 Å². The maximum atomic E-state index is 3.49. The Bertz CT molecular complexity index is 113. The fourth-order valence-electron chi connectivity index (χ4n) is 1.41. The Hall–Kier alpha value is -0.0800. The first-order valence-corrected chi connectivity index (χ1v) is 5.73. The summed E-state index contributed by atoms with van der Waals surface area (Å²) in [5.41, 5.74) is 0. The summed E-state index contributed by atoms with van der Waals surface area (Å²) >= 11 is 0. The van der Waals surface area contributed by atoms with Gasteiger partial charge in [-0.2, -0.15) is 0 Å². The number of hydrogen-bond donors (Lipinski definition) is 2. The van der Waals surface area contributed by atoms with Gasteiger partial charge in [-0.15, -0.1) is 0 Å². The van der Waals surface area contributed by atoms with E-state index >= 15 is 0 Å². The zero-order valence-electron chi connectivity index (χ0n) is 9.10. The Morgan fingerprint density at radius 3 is 2.54 bits per heavy atom. The van der Waals surface area contributed by atoms with Crippen molar-refractivity contribution in [2.45, 2.75) is 45.6 Å².